The third-order valence-corrected chi connectivity index (χ3v) is 5.22. The Morgan fingerprint density at radius 2 is 1.00 bits per heavy atom. The van der Waals surface area contributed by atoms with Crippen molar-refractivity contribution in [3.8, 4) is 0 Å². The Morgan fingerprint density at radius 3 is 1.46 bits per heavy atom. The highest BCUT2D eigenvalue weighted by molar-refractivity contribution is 5.90. The standard InChI is InChI=1S/C24H26N4/c25-21-15-17(27-23-13-7-5-11-19(21)23)9-3-1-2-4-10-18-16-22(26)20-12-6-8-14-24(20)28-18/h5-8,11-16H,1-4,9-10H2,(H2,25,27)(H2,26,28). The van der Waals surface area contributed by atoms with Gasteiger partial charge in [-0.2, -0.15) is 0 Å². The quantitative estimate of drug-likeness (QED) is 0.433. The molecule has 4 heteroatoms. The Morgan fingerprint density at radius 1 is 0.571 bits per heavy atom. The van der Waals surface area contributed by atoms with Crippen molar-refractivity contribution in [2.24, 2.45) is 0 Å². The Kier molecular flexibility index (Phi) is 5.38. The number of benzene rings is 2. The summed E-state index contributed by atoms with van der Waals surface area (Å²) in [5, 5.41) is 2.07. The van der Waals surface area contributed by atoms with Gasteiger partial charge in [-0.1, -0.05) is 49.2 Å². The first-order valence-corrected chi connectivity index (χ1v) is 9.99. The summed E-state index contributed by atoms with van der Waals surface area (Å²) in [5.41, 5.74) is 18.1. The molecule has 0 radical (unpaired) electrons. The van der Waals surface area contributed by atoms with Crippen molar-refractivity contribution in [2.75, 3.05) is 11.5 Å². The van der Waals surface area contributed by atoms with Crippen molar-refractivity contribution in [1.29, 1.82) is 0 Å². The Hall–Kier alpha value is -3.14. The summed E-state index contributed by atoms with van der Waals surface area (Å²) >= 11 is 0. The number of nitrogens with two attached hydrogens (primary N) is 2. The molecule has 142 valence electrons. The van der Waals surface area contributed by atoms with Crippen LogP contribution in [0.2, 0.25) is 0 Å². The largest absolute Gasteiger partial charge is 0.398 e. The highest BCUT2D eigenvalue weighted by Gasteiger charge is 2.05. The van der Waals surface area contributed by atoms with Crippen LogP contribution in [0.5, 0.6) is 0 Å². The van der Waals surface area contributed by atoms with Crippen LogP contribution in [0, 0.1) is 0 Å². The van der Waals surface area contributed by atoms with Gasteiger partial charge < -0.3 is 11.5 Å². The van der Waals surface area contributed by atoms with Gasteiger partial charge in [0.2, 0.25) is 0 Å². The maximum Gasteiger partial charge on any atom is 0.0725 e. The summed E-state index contributed by atoms with van der Waals surface area (Å²) in [6.07, 6.45) is 6.54. The molecule has 0 saturated carbocycles. The van der Waals surface area contributed by atoms with Gasteiger partial charge in [-0.3, -0.25) is 9.97 Å². The Labute approximate surface area is 165 Å². The molecule has 4 N–H and O–H groups in total. The predicted molar refractivity (Wildman–Crippen MR) is 118 cm³/mol. The fourth-order valence-electron chi connectivity index (χ4n) is 3.74. The van der Waals surface area contributed by atoms with E-state index >= 15 is 0 Å². The highest BCUT2D eigenvalue weighted by Crippen LogP contribution is 2.22. The zero-order valence-electron chi connectivity index (χ0n) is 16.1. The molecule has 0 saturated heterocycles. The fourth-order valence-corrected chi connectivity index (χ4v) is 3.74. The van der Waals surface area contributed by atoms with Gasteiger partial charge in [-0.15, -0.1) is 0 Å². The van der Waals surface area contributed by atoms with E-state index in [4.69, 9.17) is 21.4 Å². The van der Waals surface area contributed by atoms with Crippen LogP contribution in [0.15, 0.2) is 60.7 Å². The Balaban J connectivity index is 1.26. The minimum absolute atomic E-state index is 0.820. The molecule has 0 aliphatic rings. The van der Waals surface area contributed by atoms with Gasteiger partial charge in [-0.05, 0) is 49.9 Å². The zero-order chi connectivity index (χ0) is 19.3. The summed E-state index contributed by atoms with van der Waals surface area (Å²) in [7, 11) is 0. The normalized spacial score (nSPS) is 11.3. The summed E-state index contributed by atoms with van der Waals surface area (Å²) in [5.74, 6) is 0. The molecular formula is C24H26N4. The zero-order valence-corrected chi connectivity index (χ0v) is 16.1. The van der Waals surface area contributed by atoms with E-state index in [1.807, 2.05) is 60.7 Å². The molecule has 0 spiro atoms. The lowest BCUT2D eigenvalue weighted by molar-refractivity contribution is 0.633. The van der Waals surface area contributed by atoms with Crippen LogP contribution < -0.4 is 11.5 Å². The number of nitrogen functional groups attached to an aromatic ring is 2. The second-order valence-electron chi connectivity index (χ2n) is 7.35. The third kappa shape index (κ3) is 4.06. The first-order chi connectivity index (χ1) is 13.7. The molecule has 2 aromatic heterocycles. The third-order valence-electron chi connectivity index (χ3n) is 5.22. The molecular weight excluding hydrogens is 344 g/mol. The maximum absolute atomic E-state index is 6.17. The molecule has 0 aliphatic heterocycles. The number of pyridine rings is 2. The molecule has 28 heavy (non-hydrogen) atoms. The lowest BCUT2D eigenvalue weighted by Crippen LogP contribution is -1.97. The van der Waals surface area contributed by atoms with Gasteiger partial charge >= 0.3 is 0 Å². The molecule has 0 amide bonds. The van der Waals surface area contributed by atoms with E-state index < -0.39 is 0 Å². The number of unbranched alkanes of at least 4 members (excludes halogenated alkanes) is 3. The maximum atomic E-state index is 6.17. The SMILES string of the molecule is Nc1cc(CCCCCCc2cc(N)c3ccccc3n2)nc2ccccc12. The number of nitrogens with zero attached hydrogens (tertiary/aromatic N) is 2. The van der Waals surface area contributed by atoms with Crippen molar-refractivity contribution >= 4 is 33.2 Å². The second kappa shape index (κ2) is 8.26. The summed E-state index contributed by atoms with van der Waals surface area (Å²) in [4.78, 5) is 9.47. The molecule has 4 rings (SSSR count). The monoisotopic (exact) mass is 370 g/mol. The van der Waals surface area contributed by atoms with E-state index in [9.17, 15) is 0 Å². The lowest BCUT2D eigenvalue weighted by Gasteiger charge is -2.07. The van der Waals surface area contributed by atoms with Crippen molar-refractivity contribution in [1.82, 2.24) is 9.97 Å². The molecule has 4 aromatic rings. The van der Waals surface area contributed by atoms with E-state index in [2.05, 4.69) is 0 Å². The molecule has 2 heterocycles. The highest BCUT2D eigenvalue weighted by atomic mass is 14.7. The summed E-state index contributed by atoms with van der Waals surface area (Å²) in [6.45, 7) is 0. The first-order valence-electron chi connectivity index (χ1n) is 9.99. The van der Waals surface area contributed by atoms with Crippen LogP contribution in [0.3, 0.4) is 0 Å². The van der Waals surface area contributed by atoms with Gasteiger partial charge in [0.05, 0.1) is 11.0 Å². The van der Waals surface area contributed by atoms with Crippen LogP contribution in [0.25, 0.3) is 21.8 Å². The first kappa shape index (κ1) is 18.2. The summed E-state index contributed by atoms with van der Waals surface area (Å²) in [6, 6.07) is 20.1. The molecule has 4 nitrogen and oxygen atoms in total. The van der Waals surface area contributed by atoms with E-state index in [0.29, 0.717) is 0 Å². The number of aryl methyl sites for hydroxylation is 2. The van der Waals surface area contributed by atoms with Crippen LogP contribution in [0.4, 0.5) is 11.4 Å². The molecule has 0 aliphatic carbocycles. The molecule has 0 unspecified atom stereocenters. The molecule has 0 bridgehead atoms. The second-order valence-corrected chi connectivity index (χ2v) is 7.35. The predicted octanol–water partition coefficient (Wildman–Crippen LogP) is 5.29. The number of rotatable bonds is 7. The number of aromatic nitrogens is 2. The van der Waals surface area contributed by atoms with E-state index in [0.717, 1.165) is 70.3 Å². The van der Waals surface area contributed by atoms with Crippen molar-refractivity contribution in [3.05, 3.63) is 72.1 Å². The smallest absolute Gasteiger partial charge is 0.0725 e. The van der Waals surface area contributed by atoms with Crippen LogP contribution in [0.1, 0.15) is 37.1 Å². The minimum atomic E-state index is 0.820. The van der Waals surface area contributed by atoms with Crippen LogP contribution >= 0.6 is 0 Å². The van der Waals surface area contributed by atoms with Gasteiger partial charge in [0.1, 0.15) is 0 Å². The van der Waals surface area contributed by atoms with Crippen molar-refractivity contribution in [2.45, 2.75) is 38.5 Å². The fraction of sp³-hybridized carbons (Fsp3) is 0.250. The molecule has 0 atom stereocenters. The number of hydrogen-bond acceptors (Lipinski definition) is 4. The average molecular weight is 371 g/mol. The van der Waals surface area contributed by atoms with E-state index in [1.165, 1.54) is 12.8 Å². The molecule has 0 fully saturated rings. The van der Waals surface area contributed by atoms with Crippen LogP contribution in [-0.2, 0) is 12.8 Å². The van der Waals surface area contributed by atoms with Gasteiger partial charge in [0, 0.05) is 33.5 Å². The average Bonchev–Trinajstić information content (AvgIpc) is 2.71. The van der Waals surface area contributed by atoms with E-state index in [1.54, 1.807) is 0 Å². The number of fused-ring (bicyclic) bond motifs is 2. The van der Waals surface area contributed by atoms with Gasteiger partial charge in [-0.25, -0.2) is 0 Å². The van der Waals surface area contributed by atoms with Crippen molar-refractivity contribution < 1.29 is 0 Å². The Bertz CT molecular complexity index is 1010. The minimum Gasteiger partial charge on any atom is -0.398 e. The van der Waals surface area contributed by atoms with Crippen LogP contribution in [-0.4, -0.2) is 9.97 Å². The topological polar surface area (TPSA) is 77.8 Å². The lowest BCUT2D eigenvalue weighted by atomic mass is 10.1. The van der Waals surface area contributed by atoms with Gasteiger partial charge in [0.25, 0.3) is 0 Å². The van der Waals surface area contributed by atoms with Gasteiger partial charge in [0.15, 0.2) is 0 Å². The summed E-state index contributed by atoms with van der Waals surface area (Å²) < 4.78 is 0. The number of hydrogen-bond donors (Lipinski definition) is 2. The number of para-hydroxylation sites is 2. The van der Waals surface area contributed by atoms with Crippen molar-refractivity contribution in [3.63, 3.8) is 0 Å². The van der Waals surface area contributed by atoms with E-state index in [-0.39, 0.29) is 0 Å². The molecule has 2 aromatic carbocycles. The number of anilines is 2.